The normalized spacial score (nSPS) is 12.3. The first-order valence-electron chi connectivity index (χ1n) is 6.63. The van der Waals surface area contributed by atoms with E-state index in [9.17, 15) is 4.39 Å². The van der Waals surface area contributed by atoms with E-state index >= 15 is 0 Å². The molecule has 1 unspecified atom stereocenters. The molecule has 0 aliphatic rings. The molecular formula is C17H15FN2O. The number of fused-ring (bicyclic) bond motifs is 1. The van der Waals surface area contributed by atoms with Gasteiger partial charge in [0.1, 0.15) is 11.6 Å². The molecule has 0 aliphatic carbocycles. The molecule has 0 aliphatic heterocycles. The number of benzene rings is 2. The minimum atomic E-state index is -0.483. The molecule has 0 radical (unpaired) electrons. The van der Waals surface area contributed by atoms with Crippen molar-refractivity contribution < 1.29 is 9.13 Å². The fourth-order valence-corrected chi connectivity index (χ4v) is 2.51. The third-order valence-electron chi connectivity index (χ3n) is 3.54. The summed E-state index contributed by atoms with van der Waals surface area (Å²) >= 11 is 0. The molecule has 0 saturated heterocycles. The Morgan fingerprint density at radius 3 is 2.76 bits per heavy atom. The Balaban J connectivity index is 2.17. The van der Waals surface area contributed by atoms with Crippen molar-refractivity contribution >= 4 is 10.9 Å². The maximum atomic E-state index is 13.6. The summed E-state index contributed by atoms with van der Waals surface area (Å²) in [7, 11) is 1.55. The number of hydrogen-bond acceptors (Lipinski definition) is 3. The fraction of sp³-hybridized carbons (Fsp3) is 0.118. The van der Waals surface area contributed by atoms with Crippen LogP contribution < -0.4 is 10.5 Å². The van der Waals surface area contributed by atoms with E-state index in [1.807, 2.05) is 30.3 Å². The second kappa shape index (κ2) is 5.50. The van der Waals surface area contributed by atoms with E-state index in [1.54, 1.807) is 19.4 Å². The lowest BCUT2D eigenvalue weighted by atomic mass is 9.95. The number of hydrogen-bond donors (Lipinski definition) is 1. The maximum Gasteiger partial charge on any atom is 0.124 e. The van der Waals surface area contributed by atoms with E-state index in [0.717, 1.165) is 16.5 Å². The van der Waals surface area contributed by atoms with Crippen LogP contribution in [0.15, 0.2) is 54.7 Å². The molecule has 4 heteroatoms. The van der Waals surface area contributed by atoms with Gasteiger partial charge in [-0.15, -0.1) is 0 Å². The minimum absolute atomic E-state index is 0.334. The Labute approximate surface area is 122 Å². The molecule has 1 aromatic heterocycles. The first-order valence-corrected chi connectivity index (χ1v) is 6.63. The molecule has 2 N–H and O–H groups in total. The summed E-state index contributed by atoms with van der Waals surface area (Å²) < 4.78 is 18.8. The van der Waals surface area contributed by atoms with Crippen LogP contribution in [0, 0.1) is 5.82 Å². The first-order chi connectivity index (χ1) is 10.2. The van der Waals surface area contributed by atoms with Gasteiger partial charge in [-0.2, -0.15) is 0 Å². The molecule has 0 fully saturated rings. The molecule has 3 rings (SSSR count). The van der Waals surface area contributed by atoms with Crippen LogP contribution in [0.25, 0.3) is 10.9 Å². The summed E-state index contributed by atoms with van der Waals surface area (Å²) in [5, 5.41) is 0.957. The largest absolute Gasteiger partial charge is 0.496 e. The highest BCUT2D eigenvalue weighted by Gasteiger charge is 2.17. The van der Waals surface area contributed by atoms with E-state index in [4.69, 9.17) is 10.5 Å². The van der Waals surface area contributed by atoms with Gasteiger partial charge in [-0.3, -0.25) is 4.98 Å². The molecule has 21 heavy (non-hydrogen) atoms. The zero-order valence-corrected chi connectivity index (χ0v) is 11.6. The Morgan fingerprint density at radius 2 is 1.95 bits per heavy atom. The maximum absolute atomic E-state index is 13.6. The zero-order chi connectivity index (χ0) is 14.8. The van der Waals surface area contributed by atoms with Crippen molar-refractivity contribution in [2.24, 2.45) is 5.73 Å². The summed E-state index contributed by atoms with van der Waals surface area (Å²) in [5.74, 6) is 0.240. The van der Waals surface area contributed by atoms with Crippen molar-refractivity contribution in [2.75, 3.05) is 7.11 Å². The topological polar surface area (TPSA) is 48.1 Å². The monoisotopic (exact) mass is 282 g/mol. The number of aromatic nitrogens is 1. The lowest BCUT2D eigenvalue weighted by molar-refractivity contribution is 0.406. The molecular weight excluding hydrogens is 267 g/mol. The van der Waals surface area contributed by atoms with E-state index in [2.05, 4.69) is 4.98 Å². The number of rotatable bonds is 3. The predicted molar refractivity (Wildman–Crippen MR) is 80.7 cm³/mol. The summed E-state index contributed by atoms with van der Waals surface area (Å²) in [6, 6.07) is 13.5. The van der Waals surface area contributed by atoms with Crippen LogP contribution in [0.3, 0.4) is 0 Å². The van der Waals surface area contributed by atoms with Crippen molar-refractivity contribution in [1.82, 2.24) is 4.98 Å². The summed E-state index contributed by atoms with van der Waals surface area (Å²) in [6.45, 7) is 0. The standard InChI is InChI=1S/C17H15FN2O/c1-21-16-8-7-11(18)10-14(16)17(19)13-4-2-6-15-12(13)5-3-9-20-15/h2-10,17H,19H2,1H3. The number of nitrogens with two attached hydrogens (primary N) is 1. The number of methoxy groups -OCH3 is 1. The highest BCUT2D eigenvalue weighted by atomic mass is 19.1. The minimum Gasteiger partial charge on any atom is -0.496 e. The van der Waals surface area contributed by atoms with Gasteiger partial charge in [-0.1, -0.05) is 18.2 Å². The van der Waals surface area contributed by atoms with Crippen LogP contribution in [-0.2, 0) is 0 Å². The molecule has 2 aromatic carbocycles. The van der Waals surface area contributed by atoms with Gasteiger partial charge >= 0.3 is 0 Å². The predicted octanol–water partition coefficient (Wildman–Crippen LogP) is 3.43. The molecule has 3 nitrogen and oxygen atoms in total. The van der Waals surface area contributed by atoms with Crippen LogP contribution in [0.1, 0.15) is 17.2 Å². The van der Waals surface area contributed by atoms with Crippen molar-refractivity contribution in [1.29, 1.82) is 0 Å². The molecule has 3 aromatic rings. The Kier molecular flexibility index (Phi) is 3.54. The quantitative estimate of drug-likeness (QED) is 0.800. The van der Waals surface area contributed by atoms with E-state index in [0.29, 0.717) is 11.3 Å². The SMILES string of the molecule is COc1ccc(F)cc1C(N)c1cccc2ncccc12. The molecule has 1 atom stereocenters. The molecule has 106 valence electrons. The molecule has 0 amide bonds. The van der Waals surface area contributed by atoms with Gasteiger partial charge < -0.3 is 10.5 Å². The number of nitrogens with zero attached hydrogens (tertiary/aromatic N) is 1. The molecule has 0 saturated carbocycles. The fourth-order valence-electron chi connectivity index (χ4n) is 2.51. The van der Waals surface area contributed by atoms with Gasteiger partial charge in [-0.05, 0) is 35.9 Å². The summed E-state index contributed by atoms with van der Waals surface area (Å²) in [5.41, 5.74) is 8.73. The molecule has 1 heterocycles. The third-order valence-corrected chi connectivity index (χ3v) is 3.54. The lowest BCUT2D eigenvalue weighted by Crippen LogP contribution is -2.14. The van der Waals surface area contributed by atoms with E-state index in [1.165, 1.54) is 12.1 Å². The van der Waals surface area contributed by atoms with Gasteiger partial charge in [0.15, 0.2) is 0 Å². The third kappa shape index (κ3) is 2.45. The molecule has 0 spiro atoms. The van der Waals surface area contributed by atoms with Gasteiger partial charge in [-0.25, -0.2) is 4.39 Å². The van der Waals surface area contributed by atoms with Gasteiger partial charge in [0, 0.05) is 17.1 Å². The zero-order valence-electron chi connectivity index (χ0n) is 11.6. The van der Waals surface area contributed by atoms with Gasteiger partial charge in [0.2, 0.25) is 0 Å². The average molecular weight is 282 g/mol. The summed E-state index contributed by atoms with van der Waals surface area (Å²) in [4.78, 5) is 4.32. The Hall–Kier alpha value is -2.46. The summed E-state index contributed by atoms with van der Waals surface area (Å²) in [6.07, 6.45) is 1.74. The van der Waals surface area contributed by atoms with Crippen LogP contribution >= 0.6 is 0 Å². The average Bonchev–Trinajstić information content (AvgIpc) is 2.53. The Morgan fingerprint density at radius 1 is 1.10 bits per heavy atom. The van der Waals surface area contributed by atoms with Crippen molar-refractivity contribution in [3.63, 3.8) is 0 Å². The number of pyridine rings is 1. The van der Waals surface area contributed by atoms with Gasteiger partial charge in [0.05, 0.1) is 18.7 Å². The van der Waals surface area contributed by atoms with E-state index < -0.39 is 6.04 Å². The van der Waals surface area contributed by atoms with Crippen LogP contribution in [0.4, 0.5) is 4.39 Å². The Bertz CT molecular complexity index is 783. The van der Waals surface area contributed by atoms with Crippen LogP contribution in [0.5, 0.6) is 5.75 Å². The molecule has 0 bridgehead atoms. The second-order valence-corrected chi connectivity index (χ2v) is 4.78. The van der Waals surface area contributed by atoms with Crippen LogP contribution in [0.2, 0.25) is 0 Å². The van der Waals surface area contributed by atoms with Gasteiger partial charge in [0.25, 0.3) is 0 Å². The highest BCUT2D eigenvalue weighted by molar-refractivity contribution is 5.83. The smallest absolute Gasteiger partial charge is 0.124 e. The lowest BCUT2D eigenvalue weighted by Gasteiger charge is -2.17. The highest BCUT2D eigenvalue weighted by Crippen LogP contribution is 2.32. The second-order valence-electron chi connectivity index (χ2n) is 4.78. The van der Waals surface area contributed by atoms with Crippen molar-refractivity contribution in [3.8, 4) is 5.75 Å². The van der Waals surface area contributed by atoms with Crippen molar-refractivity contribution in [3.05, 3.63) is 71.7 Å². The van der Waals surface area contributed by atoms with Crippen molar-refractivity contribution in [2.45, 2.75) is 6.04 Å². The van der Waals surface area contributed by atoms with Crippen LogP contribution in [-0.4, -0.2) is 12.1 Å². The first kappa shape index (κ1) is 13.5. The van der Waals surface area contributed by atoms with E-state index in [-0.39, 0.29) is 5.82 Å². The number of ether oxygens (including phenoxy) is 1. The number of halogens is 1.